The van der Waals surface area contributed by atoms with Crippen molar-refractivity contribution in [1.29, 1.82) is 0 Å². The van der Waals surface area contributed by atoms with Gasteiger partial charge in [0.2, 0.25) is 5.91 Å². The van der Waals surface area contributed by atoms with E-state index in [4.69, 9.17) is 9.94 Å². The van der Waals surface area contributed by atoms with Crippen molar-refractivity contribution in [1.82, 2.24) is 5.32 Å². The minimum atomic E-state index is 0.0587. The number of rotatable bonds is 5. The number of oxime groups is 1. The fourth-order valence-corrected chi connectivity index (χ4v) is 2.43. The Morgan fingerprint density at radius 3 is 3.00 bits per heavy atom. The van der Waals surface area contributed by atoms with Gasteiger partial charge >= 0.3 is 0 Å². The quantitative estimate of drug-likeness (QED) is 0.636. The van der Waals surface area contributed by atoms with Crippen LogP contribution in [0.2, 0.25) is 0 Å². The summed E-state index contributed by atoms with van der Waals surface area (Å²) in [7, 11) is 0. The molecule has 1 aromatic carbocycles. The van der Waals surface area contributed by atoms with E-state index in [1.165, 1.54) is 0 Å². The van der Waals surface area contributed by atoms with E-state index in [0.29, 0.717) is 19.1 Å². The first-order chi connectivity index (χ1) is 9.76. The van der Waals surface area contributed by atoms with Crippen molar-refractivity contribution in [3.05, 3.63) is 29.3 Å². The van der Waals surface area contributed by atoms with Gasteiger partial charge in [-0.15, -0.1) is 0 Å². The SMILES string of the molecule is O=C(CCOc1ccc2c(c1)CC/C2=N/O)NC1CC1. The van der Waals surface area contributed by atoms with Crippen LogP contribution in [-0.4, -0.2) is 29.5 Å². The van der Waals surface area contributed by atoms with E-state index in [1.807, 2.05) is 18.2 Å². The first kappa shape index (κ1) is 13.0. The molecule has 0 aliphatic heterocycles. The highest BCUT2D eigenvalue weighted by Gasteiger charge is 2.23. The molecule has 2 aliphatic carbocycles. The monoisotopic (exact) mass is 274 g/mol. The predicted octanol–water partition coefficient (Wildman–Crippen LogP) is 1.86. The number of nitrogens with zero attached hydrogens (tertiary/aromatic N) is 1. The highest BCUT2D eigenvalue weighted by Crippen LogP contribution is 2.26. The lowest BCUT2D eigenvalue weighted by atomic mass is 10.1. The molecule has 0 saturated heterocycles. The van der Waals surface area contributed by atoms with Crippen LogP contribution in [0.1, 0.15) is 36.8 Å². The number of hydrogen-bond acceptors (Lipinski definition) is 4. The third-order valence-electron chi connectivity index (χ3n) is 3.68. The van der Waals surface area contributed by atoms with Gasteiger partial charge in [0.1, 0.15) is 5.75 Å². The van der Waals surface area contributed by atoms with Crippen LogP contribution in [0.15, 0.2) is 23.4 Å². The molecule has 2 N–H and O–H groups in total. The van der Waals surface area contributed by atoms with E-state index in [2.05, 4.69) is 10.5 Å². The van der Waals surface area contributed by atoms with E-state index in [0.717, 1.165) is 48.3 Å². The van der Waals surface area contributed by atoms with Crippen LogP contribution < -0.4 is 10.1 Å². The van der Waals surface area contributed by atoms with Crippen LogP contribution in [0.3, 0.4) is 0 Å². The molecule has 0 heterocycles. The molecular weight excluding hydrogens is 256 g/mol. The average Bonchev–Trinajstić information content (AvgIpc) is 3.16. The van der Waals surface area contributed by atoms with Crippen LogP contribution in [0.5, 0.6) is 5.75 Å². The molecule has 5 heteroatoms. The maximum atomic E-state index is 11.5. The van der Waals surface area contributed by atoms with Crippen molar-refractivity contribution in [2.24, 2.45) is 5.16 Å². The van der Waals surface area contributed by atoms with Gasteiger partial charge in [0.25, 0.3) is 0 Å². The van der Waals surface area contributed by atoms with Gasteiger partial charge in [-0.05, 0) is 49.4 Å². The van der Waals surface area contributed by atoms with E-state index < -0.39 is 0 Å². The molecule has 106 valence electrons. The van der Waals surface area contributed by atoms with E-state index in [9.17, 15) is 4.79 Å². The number of hydrogen-bond donors (Lipinski definition) is 2. The lowest BCUT2D eigenvalue weighted by Crippen LogP contribution is -2.26. The molecule has 3 rings (SSSR count). The summed E-state index contributed by atoms with van der Waals surface area (Å²) < 4.78 is 5.61. The summed E-state index contributed by atoms with van der Waals surface area (Å²) in [6.07, 6.45) is 4.22. The summed E-state index contributed by atoms with van der Waals surface area (Å²) in [5.74, 6) is 0.825. The van der Waals surface area contributed by atoms with Crippen LogP contribution >= 0.6 is 0 Å². The molecule has 0 unspecified atom stereocenters. The summed E-state index contributed by atoms with van der Waals surface area (Å²) in [5, 5.41) is 15.1. The topological polar surface area (TPSA) is 70.9 Å². The third-order valence-corrected chi connectivity index (χ3v) is 3.68. The van der Waals surface area contributed by atoms with Crippen LogP contribution in [-0.2, 0) is 11.2 Å². The van der Waals surface area contributed by atoms with Gasteiger partial charge in [-0.3, -0.25) is 4.79 Å². The van der Waals surface area contributed by atoms with Crippen molar-refractivity contribution < 1.29 is 14.7 Å². The van der Waals surface area contributed by atoms with Gasteiger partial charge in [0.05, 0.1) is 18.7 Å². The maximum Gasteiger partial charge on any atom is 0.223 e. The molecule has 0 atom stereocenters. The Kier molecular flexibility index (Phi) is 3.58. The zero-order valence-corrected chi connectivity index (χ0v) is 11.3. The van der Waals surface area contributed by atoms with Crippen LogP contribution in [0.4, 0.5) is 0 Å². The molecule has 1 amide bonds. The Bertz CT molecular complexity index is 550. The summed E-state index contributed by atoms with van der Waals surface area (Å²) in [6, 6.07) is 6.14. The second kappa shape index (κ2) is 5.53. The highest BCUT2D eigenvalue weighted by molar-refractivity contribution is 6.04. The molecule has 20 heavy (non-hydrogen) atoms. The number of carbonyl (C=O) groups is 1. The van der Waals surface area contributed by atoms with Gasteiger partial charge < -0.3 is 15.3 Å². The summed E-state index contributed by atoms with van der Waals surface area (Å²) in [6.45, 7) is 0.387. The molecule has 0 bridgehead atoms. The summed E-state index contributed by atoms with van der Waals surface area (Å²) >= 11 is 0. The Balaban J connectivity index is 1.52. The third kappa shape index (κ3) is 2.92. The lowest BCUT2D eigenvalue weighted by molar-refractivity contribution is -0.121. The van der Waals surface area contributed by atoms with Crippen molar-refractivity contribution in [3.63, 3.8) is 0 Å². The predicted molar refractivity (Wildman–Crippen MR) is 74.4 cm³/mol. The molecule has 5 nitrogen and oxygen atoms in total. The van der Waals surface area contributed by atoms with Crippen molar-refractivity contribution >= 4 is 11.6 Å². The average molecular weight is 274 g/mol. The van der Waals surface area contributed by atoms with Crippen molar-refractivity contribution in [2.75, 3.05) is 6.61 Å². The molecule has 0 spiro atoms. The Morgan fingerprint density at radius 2 is 2.25 bits per heavy atom. The lowest BCUT2D eigenvalue weighted by Gasteiger charge is -2.08. The molecular formula is C15H18N2O3. The summed E-state index contributed by atoms with van der Waals surface area (Å²) in [4.78, 5) is 11.5. The minimum Gasteiger partial charge on any atom is -0.493 e. The number of aryl methyl sites for hydroxylation is 1. The van der Waals surface area contributed by atoms with Gasteiger partial charge in [0.15, 0.2) is 0 Å². The molecule has 0 radical (unpaired) electrons. The Hall–Kier alpha value is -2.04. The van der Waals surface area contributed by atoms with Gasteiger partial charge in [-0.25, -0.2) is 0 Å². The molecule has 0 aromatic heterocycles. The standard InChI is InChI=1S/C15H18N2O3/c18-15(16-11-2-3-11)7-8-20-12-4-5-13-10(9-12)1-6-14(13)17-19/h4-5,9,11,19H,1-3,6-8H2,(H,16,18)/b17-14-. The largest absolute Gasteiger partial charge is 0.493 e. The second-order valence-corrected chi connectivity index (χ2v) is 5.31. The van der Waals surface area contributed by atoms with Crippen molar-refractivity contribution in [2.45, 2.75) is 38.1 Å². The van der Waals surface area contributed by atoms with E-state index >= 15 is 0 Å². The Labute approximate surface area is 117 Å². The van der Waals surface area contributed by atoms with Gasteiger partial charge in [-0.2, -0.15) is 0 Å². The van der Waals surface area contributed by atoms with Gasteiger partial charge in [0, 0.05) is 11.6 Å². The fraction of sp³-hybridized carbons (Fsp3) is 0.467. The number of benzene rings is 1. The number of nitrogens with one attached hydrogen (secondary N) is 1. The molecule has 1 aromatic rings. The zero-order valence-electron chi connectivity index (χ0n) is 11.3. The van der Waals surface area contributed by atoms with E-state index in [1.54, 1.807) is 0 Å². The maximum absolute atomic E-state index is 11.5. The fourth-order valence-electron chi connectivity index (χ4n) is 2.43. The first-order valence-electron chi connectivity index (χ1n) is 7.02. The minimum absolute atomic E-state index is 0.0587. The van der Waals surface area contributed by atoms with E-state index in [-0.39, 0.29) is 5.91 Å². The second-order valence-electron chi connectivity index (χ2n) is 5.31. The van der Waals surface area contributed by atoms with Crippen LogP contribution in [0, 0.1) is 0 Å². The van der Waals surface area contributed by atoms with Gasteiger partial charge in [-0.1, -0.05) is 5.16 Å². The number of carbonyl (C=O) groups excluding carboxylic acids is 1. The zero-order chi connectivity index (χ0) is 13.9. The summed E-state index contributed by atoms with van der Waals surface area (Å²) in [5.41, 5.74) is 2.86. The smallest absolute Gasteiger partial charge is 0.223 e. The Morgan fingerprint density at radius 1 is 1.40 bits per heavy atom. The number of amides is 1. The highest BCUT2D eigenvalue weighted by atomic mass is 16.5. The van der Waals surface area contributed by atoms with Crippen molar-refractivity contribution in [3.8, 4) is 5.75 Å². The number of fused-ring (bicyclic) bond motifs is 1. The number of ether oxygens (including phenoxy) is 1. The molecule has 1 saturated carbocycles. The molecule has 2 aliphatic rings. The molecule has 1 fully saturated rings. The van der Waals surface area contributed by atoms with Crippen LogP contribution in [0.25, 0.3) is 0 Å². The normalized spacial score (nSPS) is 18.9. The first-order valence-corrected chi connectivity index (χ1v) is 7.02.